The molecule has 22 heavy (non-hydrogen) atoms. The summed E-state index contributed by atoms with van der Waals surface area (Å²) in [6.45, 7) is 6.24. The Morgan fingerprint density at radius 3 is 2.50 bits per heavy atom. The van der Waals surface area contributed by atoms with E-state index in [4.69, 9.17) is 5.73 Å². The molecule has 126 valence electrons. The molecule has 1 saturated carbocycles. The predicted molar refractivity (Wildman–Crippen MR) is 96.3 cm³/mol. The van der Waals surface area contributed by atoms with E-state index in [2.05, 4.69) is 17.1 Å². The molecule has 3 rings (SSSR count). The fourth-order valence-electron chi connectivity index (χ4n) is 3.26. The maximum absolute atomic E-state index is 10.4. The third kappa shape index (κ3) is 4.19. The van der Waals surface area contributed by atoms with Crippen LogP contribution in [0.4, 0.5) is 5.69 Å². The fourth-order valence-corrected chi connectivity index (χ4v) is 3.26. The van der Waals surface area contributed by atoms with E-state index < -0.39 is 0 Å². The van der Waals surface area contributed by atoms with Crippen LogP contribution < -0.4 is 11.1 Å². The van der Waals surface area contributed by atoms with Crippen molar-refractivity contribution in [2.24, 2.45) is 5.92 Å². The van der Waals surface area contributed by atoms with Crippen LogP contribution in [0.5, 0.6) is 5.75 Å². The van der Waals surface area contributed by atoms with Crippen LogP contribution in [0, 0.1) is 12.8 Å². The quantitative estimate of drug-likeness (QED) is 0.578. The first-order chi connectivity index (χ1) is 9.66. The molecular weight excluding hydrogens is 321 g/mol. The van der Waals surface area contributed by atoms with Crippen LogP contribution in [-0.2, 0) is 0 Å². The van der Waals surface area contributed by atoms with Crippen molar-refractivity contribution >= 4 is 30.5 Å². The number of nitrogens with zero attached hydrogens (tertiary/aromatic N) is 1. The summed E-state index contributed by atoms with van der Waals surface area (Å²) < 4.78 is 0. The van der Waals surface area contributed by atoms with Gasteiger partial charge in [-0.15, -0.1) is 24.8 Å². The van der Waals surface area contributed by atoms with E-state index in [1.54, 1.807) is 6.07 Å². The number of phenolic OH excluding ortho intramolecular Hbond substituents is 1. The highest BCUT2D eigenvalue weighted by Gasteiger charge is 2.32. The first-order valence-corrected chi connectivity index (χ1v) is 7.69. The van der Waals surface area contributed by atoms with Crippen molar-refractivity contribution < 1.29 is 5.11 Å². The summed E-state index contributed by atoms with van der Waals surface area (Å²) in [6, 6.07) is 4.15. The number of hydrogen-bond acceptors (Lipinski definition) is 4. The second-order valence-corrected chi connectivity index (χ2v) is 6.21. The first kappa shape index (κ1) is 19.4. The number of piperazine rings is 1. The minimum Gasteiger partial charge on any atom is -0.505 e. The summed E-state index contributed by atoms with van der Waals surface area (Å²) in [4.78, 5) is 2.51. The summed E-state index contributed by atoms with van der Waals surface area (Å²) in [6.07, 6.45) is 3.83. The molecule has 0 bridgehead atoms. The Morgan fingerprint density at radius 2 is 1.91 bits per heavy atom. The van der Waals surface area contributed by atoms with Gasteiger partial charge in [0.2, 0.25) is 0 Å². The lowest BCUT2D eigenvalue weighted by Crippen LogP contribution is -2.45. The summed E-state index contributed by atoms with van der Waals surface area (Å²) in [5.74, 6) is 1.13. The number of anilines is 1. The molecule has 0 radical (unpaired) electrons. The number of nitrogen functional groups attached to an aromatic ring is 1. The molecule has 1 aromatic rings. The van der Waals surface area contributed by atoms with Crippen LogP contribution in [0.15, 0.2) is 12.1 Å². The van der Waals surface area contributed by atoms with Gasteiger partial charge in [0.05, 0.1) is 5.69 Å². The van der Waals surface area contributed by atoms with Crippen molar-refractivity contribution in [1.82, 2.24) is 10.2 Å². The second kappa shape index (κ2) is 8.25. The Bertz CT molecular complexity index is 489. The maximum Gasteiger partial charge on any atom is 0.143 e. The number of aryl methyl sites for hydroxylation is 1. The van der Waals surface area contributed by atoms with Gasteiger partial charge in [0.1, 0.15) is 5.75 Å². The summed E-state index contributed by atoms with van der Waals surface area (Å²) in [7, 11) is 0. The molecule has 2 aliphatic rings. The lowest BCUT2D eigenvalue weighted by atomic mass is 9.93. The lowest BCUT2D eigenvalue weighted by molar-refractivity contribution is 0.157. The van der Waals surface area contributed by atoms with Gasteiger partial charge in [0, 0.05) is 37.8 Å². The Morgan fingerprint density at radius 1 is 1.27 bits per heavy atom. The number of aromatic hydroxyl groups is 1. The van der Waals surface area contributed by atoms with Crippen LogP contribution >= 0.6 is 24.8 Å². The molecule has 4 N–H and O–H groups in total. The molecule has 6 heteroatoms. The van der Waals surface area contributed by atoms with Crippen molar-refractivity contribution in [3.05, 3.63) is 23.3 Å². The number of halogens is 2. The van der Waals surface area contributed by atoms with Gasteiger partial charge in [-0.2, -0.15) is 0 Å². The van der Waals surface area contributed by atoms with Crippen LogP contribution in [0.2, 0.25) is 0 Å². The first-order valence-electron chi connectivity index (χ1n) is 7.69. The average molecular weight is 348 g/mol. The second-order valence-electron chi connectivity index (χ2n) is 6.21. The highest BCUT2D eigenvalue weighted by molar-refractivity contribution is 5.85. The van der Waals surface area contributed by atoms with E-state index in [9.17, 15) is 5.11 Å². The molecular formula is C16H27Cl2N3O. The topological polar surface area (TPSA) is 61.5 Å². The smallest absolute Gasteiger partial charge is 0.143 e. The Hall–Kier alpha value is -0.680. The normalized spacial score (nSPS) is 19.9. The van der Waals surface area contributed by atoms with Crippen molar-refractivity contribution in [2.45, 2.75) is 32.2 Å². The third-order valence-corrected chi connectivity index (χ3v) is 4.65. The zero-order valence-electron chi connectivity index (χ0n) is 13.0. The molecule has 0 spiro atoms. The molecule has 0 amide bonds. The van der Waals surface area contributed by atoms with Crippen LogP contribution in [0.1, 0.15) is 36.4 Å². The molecule has 1 saturated heterocycles. The lowest BCUT2D eigenvalue weighted by Gasteiger charge is -2.36. The number of phenols is 1. The van der Waals surface area contributed by atoms with E-state index in [-0.39, 0.29) is 24.8 Å². The maximum atomic E-state index is 10.4. The van der Waals surface area contributed by atoms with Crippen molar-refractivity contribution in [3.8, 4) is 5.75 Å². The largest absolute Gasteiger partial charge is 0.505 e. The Kier molecular flexibility index (Phi) is 7.26. The van der Waals surface area contributed by atoms with Crippen LogP contribution in [0.25, 0.3) is 0 Å². The van der Waals surface area contributed by atoms with E-state index in [0.29, 0.717) is 17.5 Å². The van der Waals surface area contributed by atoms with Crippen molar-refractivity contribution in [3.63, 3.8) is 0 Å². The summed E-state index contributed by atoms with van der Waals surface area (Å²) in [5.41, 5.74) is 8.63. The Labute approximate surface area is 145 Å². The van der Waals surface area contributed by atoms with Gasteiger partial charge in [0.25, 0.3) is 0 Å². The number of benzene rings is 1. The van der Waals surface area contributed by atoms with Gasteiger partial charge >= 0.3 is 0 Å². The van der Waals surface area contributed by atoms with Crippen molar-refractivity contribution in [1.29, 1.82) is 0 Å². The Balaban J connectivity index is 0.00000121. The number of hydrogen-bond donors (Lipinski definition) is 3. The molecule has 1 heterocycles. The zero-order valence-corrected chi connectivity index (χ0v) is 14.7. The highest BCUT2D eigenvalue weighted by Crippen LogP contribution is 2.44. The van der Waals surface area contributed by atoms with E-state index >= 15 is 0 Å². The van der Waals surface area contributed by atoms with Crippen LogP contribution in [0.3, 0.4) is 0 Å². The summed E-state index contributed by atoms with van der Waals surface area (Å²) >= 11 is 0. The van der Waals surface area contributed by atoms with Crippen molar-refractivity contribution in [2.75, 3.05) is 31.9 Å². The molecule has 1 atom stereocenters. The zero-order chi connectivity index (χ0) is 14.1. The third-order valence-electron chi connectivity index (χ3n) is 4.65. The SMILES string of the molecule is Cc1ccc(N)c(O)c1[C@@H](CC1CC1)N1CCNCC1.Cl.Cl. The van der Waals surface area contributed by atoms with Gasteiger partial charge < -0.3 is 16.2 Å². The van der Waals surface area contributed by atoms with Gasteiger partial charge in [-0.1, -0.05) is 18.9 Å². The van der Waals surface area contributed by atoms with E-state index in [1.165, 1.54) is 12.8 Å². The highest BCUT2D eigenvalue weighted by atomic mass is 35.5. The van der Waals surface area contributed by atoms with Gasteiger partial charge in [0.15, 0.2) is 0 Å². The molecule has 1 aromatic carbocycles. The minimum atomic E-state index is 0. The van der Waals surface area contributed by atoms with E-state index in [1.807, 2.05) is 6.07 Å². The van der Waals surface area contributed by atoms with Crippen LogP contribution in [-0.4, -0.2) is 36.2 Å². The van der Waals surface area contributed by atoms with Gasteiger partial charge in [-0.05, 0) is 30.9 Å². The minimum absolute atomic E-state index is 0. The molecule has 1 aliphatic heterocycles. The number of nitrogens with one attached hydrogen (secondary N) is 1. The average Bonchev–Trinajstić information content (AvgIpc) is 3.27. The molecule has 4 nitrogen and oxygen atoms in total. The molecule has 2 fully saturated rings. The standard InChI is InChI=1S/C16H25N3O.2ClH/c1-11-2-5-13(17)16(20)15(11)14(10-12-3-4-12)19-8-6-18-7-9-19;;/h2,5,12,14,18,20H,3-4,6-10,17H2,1H3;2*1H/t14-;;/m1../s1. The fraction of sp³-hybridized carbons (Fsp3) is 0.625. The molecule has 0 aromatic heterocycles. The van der Waals surface area contributed by atoms with Gasteiger partial charge in [-0.3, -0.25) is 4.90 Å². The van der Waals surface area contributed by atoms with Gasteiger partial charge in [-0.25, -0.2) is 0 Å². The molecule has 1 aliphatic carbocycles. The number of nitrogens with two attached hydrogens (primary N) is 1. The predicted octanol–water partition coefficient (Wildman–Crippen LogP) is 2.87. The van der Waals surface area contributed by atoms with E-state index in [0.717, 1.165) is 49.6 Å². The molecule has 0 unspecified atom stereocenters. The number of rotatable bonds is 4. The summed E-state index contributed by atoms with van der Waals surface area (Å²) in [5, 5.41) is 13.8. The monoisotopic (exact) mass is 347 g/mol.